The lowest BCUT2D eigenvalue weighted by molar-refractivity contribution is -0.884. The maximum atomic E-state index is 14.3. The molecule has 2 heterocycles. The van der Waals surface area contributed by atoms with Crippen LogP contribution in [0, 0.1) is 5.92 Å². The van der Waals surface area contributed by atoms with Crippen molar-refractivity contribution in [3.05, 3.63) is 83.4 Å². The molecule has 0 bridgehead atoms. The lowest BCUT2D eigenvalue weighted by atomic mass is 9.83. The normalized spacial score (nSPS) is 19.2. The molecule has 47 heavy (non-hydrogen) atoms. The Bertz CT molecular complexity index is 1540. The van der Waals surface area contributed by atoms with Gasteiger partial charge in [0.05, 0.1) is 53.9 Å². The second kappa shape index (κ2) is 15.2. The van der Waals surface area contributed by atoms with Crippen LogP contribution < -0.4 is 19.1 Å². The van der Waals surface area contributed by atoms with Gasteiger partial charge in [0.1, 0.15) is 12.3 Å². The third-order valence-corrected chi connectivity index (χ3v) is 9.17. The molecule has 0 saturated carbocycles. The molecule has 0 aliphatic carbocycles. The first-order valence-electron chi connectivity index (χ1n) is 16.8. The van der Waals surface area contributed by atoms with Crippen molar-refractivity contribution < 1.29 is 33.4 Å². The zero-order chi connectivity index (χ0) is 33.6. The van der Waals surface area contributed by atoms with E-state index in [1.54, 1.807) is 7.11 Å². The first kappa shape index (κ1) is 34.3. The Morgan fingerprint density at radius 3 is 2.55 bits per heavy atom. The Balaban J connectivity index is 1.42. The van der Waals surface area contributed by atoms with Crippen molar-refractivity contribution in [2.75, 3.05) is 66.0 Å². The van der Waals surface area contributed by atoms with Crippen molar-refractivity contribution in [2.45, 2.75) is 51.1 Å². The predicted molar refractivity (Wildman–Crippen MR) is 183 cm³/mol. The maximum absolute atomic E-state index is 14.3. The highest BCUT2D eigenvalue weighted by atomic mass is 16.5. The second-order valence-corrected chi connectivity index (χ2v) is 13.7. The zero-order valence-corrected chi connectivity index (χ0v) is 28.5. The number of aliphatic carboxylic acids is 1. The largest absolute Gasteiger partial charge is 0.493 e. The molecule has 0 aromatic heterocycles. The summed E-state index contributed by atoms with van der Waals surface area (Å²) in [5, 5.41) is 10.7. The summed E-state index contributed by atoms with van der Waals surface area (Å²) in [7, 11) is 8.06. The van der Waals surface area contributed by atoms with Crippen LogP contribution in [-0.4, -0.2) is 93.5 Å². The third-order valence-electron chi connectivity index (χ3n) is 9.17. The van der Waals surface area contributed by atoms with Gasteiger partial charge < -0.3 is 28.7 Å². The first-order valence-corrected chi connectivity index (χ1v) is 16.8. The Hall–Kier alpha value is -4.08. The van der Waals surface area contributed by atoms with Crippen LogP contribution in [-0.2, 0) is 22.6 Å². The monoisotopic (exact) mass is 644 g/mol. The molecule has 1 amide bonds. The van der Waals surface area contributed by atoms with E-state index in [4.69, 9.17) is 14.2 Å². The first-order chi connectivity index (χ1) is 22.6. The average Bonchev–Trinajstić information content (AvgIpc) is 3.65. The molecule has 1 N–H and O–H groups in total. The number of carboxylic acid groups (broad SMARTS) is 1. The second-order valence-electron chi connectivity index (χ2n) is 13.7. The number of carbonyl (C=O) groups is 2. The van der Waals surface area contributed by atoms with E-state index in [0.29, 0.717) is 37.6 Å². The Labute approximate surface area is 279 Å². The number of amides is 1. The molecule has 9 heteroatoms. The SMILES string of the molecule is CCCCN(C(=O)CN1CC(c2ccc3c(c2)CCO3)C(C(=O)O)C1CCOc1ccccc1OC)c1cccc(C[N+](C)(C)C)c1. The Morgan fingerprint density at radius 1 is 1.04 bits per heavy atom. The van der Waals surface area contributed by atoms with Gasteiger partial charge in [-0.2, -0.15) is 0 Å². The molecule has 0 spiro atoms. The number of para-hydroxylation sites is 2. The number of carbonyl (C=O) groups excluding carboxylic acids is 1. The summed E-state index contributed by atoms with van der Waals surface area (Å²) in [5.41, 5.74) is 4.14. The maximum Gasteiger partial charge on any atom is 0.308 e. The van der Waals surface area contributed by atoms with E-state index >= 15 is 0 Å². The quantitative estimate of drug-likeness (QED) is 0.215. The van der Waals surface area contributed by atoms with Crippen molar-refractivity contribution in [3.63, 3.8) is 0 Å². The number of hydrogen-bond acceptors (Lipinski definition) is 6. The number of unbranched alkanes of at least 4 members (excludes halogenated alkanes) is 1. The summed E-state index contributed by atoms with van der Waals surface area (Å²) >= 11 is 0. The number of hydrogen-bond donors (Lipinski definition) is 1. The standard InChI is InChI=1S/C38H49N3O6/c1-6-7-19-40(30-12-10-11-27(22-30)26-41(2,3)4)36(42)25-39-24-31(28-15-16-33-29(23-28)17-20-46-33)37(38(43)44)32(39)18-21-47-35-14-9-8-13-34(35)45-5/h8-16,22-23,31-32,37H,6-7,17-21,24-26H2,1-5H3/p+1. The van der Waals surface area contributed by atoms with Crippen molar-refractivity contribution in [1.29, 1.82) is 0 Å². The van der Waals surface area contributed by atoms with E-state index in [2.05, 4.69) is 51.2 Å². The van der Waals surface area contributed by atoms with Gasteiger partial charge in [0.15, 0.2) is 11.5 Å². The van der Waals surface area contributed by atoms with Gasteiger partial charge in [0.25, 0.3) is 0 Å². The van der Waals surface area contributed by atoms with Crippen LogP contribution in [0.25, 0.3) is 0 Å². The summed E-state index contributed by atoms with van der Waals surface area (Å²) < 4.78 is 18.1. The van der Waals surface area contributed by atoms with Gasteiger partial charge in [0, 0.05) is 42.7 Å². The van der Waals surface area contributed by atoms with Gasteiger partial charge in [-0.3, -0.25) is 14.5 Å². The number of benzene rings is 3. The minimum Gasteiger partial charge on any atom is -0.493 e. The molecule has 1 saturated heterocycles. The summed E-state index contributed by atoms with van der Waals surface area (Å²) in [6.45, 7) is 5.09. The molecule has 3 aromatic rings. The van der Waals surface area contributed by atoms with Gasteiger partial charge in [-0.15, -0.1) is 0 Å². The smallest absolute Gasteiger partial charge is 0.308 e. The van der Waals surface area contributed by atoms with E-state index in [1.165, 1.54) is 5.56 Å². The van der Waals surface area contributed by atoms with Crippen LogP contribution in [0.2, 0.25) is 0 Å². The number of methoxy groups -OCH3 is 1. The number of ether oxygens (including phenoxy) is 3. The molecule has 2 aliphatic heterocycles. The number of fused-ring (bicyclic) bond motifs is 1. The number of nitrogens with zero attached hydrogens (tertiary/aromatic N) is 3. The van der Waals surface area contributed by atoms with Gasteiger partial charge >= 0.3 is 5.97 Å². The number of rotatable bonds is 15. The van der Waals surface area contributed by atoms with Gasteiger partial charge in [-0.05, 0) is 54.3 Å². The lowest BCUT2D eigenvalue weighted by Gasteiger charge is -2.30. The van der Waals surface area contributed by atoms with Crippen LogP contribution in [0.1, 0.15) is 48.8 Å². The molecule has 0 radical (unpaired) electrons. The van der Waals surface area contributed by atoms with Crippen LogP contribution in [0.5, 0.6) is 17.2 Å². The van der Waals surface area contributed by atoms with Gasteiger partial charge in [-0.25, -0.2) is 0 Å². The minimum absolute atomic E-state index is 0.0244. The molecule has 5 rings (SSSR count). The molecule has 1 fully saturated rings. The van der Waals surface area contributed by atoms with E-state index in [9.17, 15) is 14.7 Å². The van der Waals surface area contributed by atoms with E-state index in [1.807, 2.05) is 53.4 Å². The van der Waals surface area contributed by atoms with Crippen LogP contribution in [0.4, 0.5) is 5.69 Å². The molecular weight excluding hydrogens is 594 g/mol. The fourth-order valence-corrected chi connectivity index (χ4v) is 7.00. The van der Waals surface area contributed by atoms with Crippen molar-refractivity contribution in [3.8, 4) is 17.2 Å². The number of anilines is 1. The average molecular weight is 645 g/mol. The molecule has 3 atom stereocenters. The number of likely N-dealkylation sites (tertiary alicyclic amines) is 1. The van der Waals surface area contributed by atoms with E-state index in [-0.39, 0.29) is 25.0 Å². The minimum atomic E-state index is -0.861. The highest BCUT2D eigenvalue weighted by molar-refractivity contribution is 5.95. The molecule has 9 nitrogen and oxygen atoms in total. The zero-order valence-electron chi connectivity index (χ0n) is 28.5. The number of carboxylic acids is 1. The van der Waals surface area contributed by atoms with Crippen LogP contribution in [0.3, 0.4) is 0 Å². The van der Waals surface area contributed by atoms with Crippen LogP contribution >= 0.6 is 0 Å². The van der Waals surface area contributed by atoms with E-state index < -0.39 is 17.9 Å². The summed E-state index contributed by atoms with van der Waals surface area (Å²) in [6, 6.07) is 21.3. The molecule has 252 valence electrons. The van der Waals surface area contributed by atoms with Gasteiger partial charge in [-0.1, -0.05) is 49.7 Å². The molecule has 3 unspecified atom stereocenters. The fourth-order valence-electron chi connectivity index (χ4n) is 7.00. The van der Waals surface area contributed by atoms with Crippen molar-refractivity contribution in [2.24, 2.45) is 5.92 Å². The van der Waals surface area contributed by atoms with E-state index in [0.717, 1.165) is 52.9 Å². The highest BCUT2D eigenvalue weighted by Crippen LogP contribution is 2.41. The molecular formula is C38H50N3O6+. The Morgan fingerprint density at radius 2 is 1.83 bits per heavy atom. The summed E-state index contributed by atoms with van der Waals surface area (Å²) in [4.78, 5) is 31.3. The fraction of sp³-hybridized carbons (Fsp3) is 0.474. The topological polar surface area (TPSA) is 88.5 Å². The lowest BCUT2D eigenvalue weighted by Crippen LogP contribution is -2.45. The number of quaternary nitrogens is 1. The highest BCUT2D eigenvalue weighted by Gasteiger charge is 2.47. The summed E-state index contributed by atoms with van der Waals surface area (Å²) in [6.07, 6.45) is 3.09. The third kappa shape index (κ3) is 8.45. The van der Waals surface area contributed by atoms with Gasteiger partial charge in [0.2, 0.25) is 5.91 Å². The molecule has 3 aromatic carbocycles. The summed E-state index contributed by atoms with van der Waals surface area (Å²) in [5.74, 6) is 0.228. The predicted octanol–water partition coefficient (Wildman–Crippen LogP) is 5.61. The Kier molecular flexibility index (Phi) is 11.1. The molecule has 2 aliphatic rings. The van der Waals surface area contributed by atoms with Crippen molar-refractivity contribution >= 4 is 17.6 Å². The van der Waals surface area contributed by atoms with Crippen molar-refractivity contribution in [1.82, 2.24) is 4.90 Å². The van der Waals surface area contributed by atoms with Crippen LogP contribution in [0.15, 0.2) is 66.7 Å².